The zero-order valence-corrected chi connectivity index (χ0v) is 64.3. The van der Waals surface area contributed by atoms with Gasteiger partial charge in [0.2, 0.25) is 0 Å². The fraction of sp³-hybridized carbons (Fsp3) is 0.0189. The van der Waals surface area contributed by atoms with Gasteiger partial charge in [0.05, 0.1) is 10.8 Å². The standard InChI is InChI=1S/C53H33NOS.C29H17BrS.C24H17NO/c1-2-12-34(13-3-1)35-22-25-37(26-23-35)54(38-28-31-49-43(32-38)41-16-6-9-19-48(41)55-49)39-27-29-42-47(33-39)53(46-30-24-36-14-4-5-15-40(36)52(42)46)44-17-7-10-20-50(44)56-51-21-11-8-18-45(51)53;30-19-14-15-21-25(17-19)29(24-16-13-18-7-1-2-8-20(18)28(21)24)22-9-3-5-11-26(22)31-27-12-6-4-10-23(27)29;1-2-6-17(7-3-1)18-10-12-19(13-11-18)25-20-14-15-24-22(16-20)21-8-4-5-9-23(21)26-24/h1-33H;1-17H;1-16,25H. The second-order valence-corrected chi connectivity index (χ2v) is 32.5. The average molecular weight is 1540 g/mol. The van der Waals surface area contributed by atoms with Gasteiger partial charge in [-0.05, 0) is 232 Å². The maximum absolute atomic E-state index is 6.32. The molecule has 0 unspecified atom stereocenters. The van der Waals surface area contributed by atoms with Crippen LogP contribution < -0.4 is 10.2 Å². The van der Waals surface area contributed by atoms with E-state index >= 15 is 0 Å². The molecule has 20 aromatic rings. The molecule has 18 aromatic carbocycles. The quantitative estimate of drug-likeness (QED) is 0.172. The number of furan rings is 2. The van der Waals surface area contributed by atoms with Crippen LogP contribution in [-0.4, -0.2) is 0 Å². The summed E-state index contributed by atoms with van der Waals surface area (Å²) in [5.74, 6) is 0. The van der Waals surface area contributed by atoms with Gasteiger partial charge in [-0.25, -0.2) is 0 Å². The normalized spacial score (nSPS) is 13.2. The van der Waals surface area contributed by atoms with E-state index in [1.807, 2.05) is 59.9 Å². The molecular formula is C106H67BrN2O2S2. The Balaban J connectivity index is 0.000000115. The van der Waals surface area contributed by atoms with Crippen LogP contribution in [-0.2, 0) is 10.8 Å². The van der Waals surface area contributed by atoms with Gasteiger partial charge >= 0.3 is 0 Å². The second kappa shape index (κ2) is 27.1. The Morgan fingerprint density at radius 1 is 0.248 bits per heavy atom. The number of fused-ring (bicyclic) bond motifs is 28. The van der Waals surface area contributed by atoms with Gasteiger partial charge in [0.1, 0.15) is 22.3 Å². The molecule has 0 saturated heterocycles. The first-order valence-corrected chi connectivity index (χ1v) is 40.8. The van der Waals surface area contributed by atoms with Crippen molar-refractivity contribution in [2.24, 2.45) is 0 Å². The molecule has 4 nitrogen and oxygen atoms in total. The minimum absolute atomic E-state index is 0.309. The van der Waals surface area contributed by atoms with E-state index in [9.17, 15) is 0 Å². The van der Waals surface area contributed by atoms with Crippen LogP contribution in [0.1, 0.15) is 44.5 Å². The summed E-state index contributed by atoms with van der Waals surface area (Å²) in [4.78, 5) is 7.70. The molecule has 0 fully saturated rings. The lowest BCUT2D eigenvalue weighted by Crippen LogP contribution is -2.32. The van der Waals surface area contributed by atoms with E-state index in [0.717, 1.165) is 76.8 Å². The number of rotatable bonds is 7. The van der Waals surface area contributed by atoms with Crippen LogP contribution in [0.15, 0.2) is 433 Å². The van der Waals surface area contributed by atoms with Gasteiger partial charge < -0.3 is 19.1 Å². The van der Waals surface area contributed by atoms with Gasteiger partial charge in [0.25, 0.3) is 0 Å². The SMILES string of the molecule is Brc1ccc2c(c1)C1(c3ccccc3Sc3ccccc31)c1ccc3ccccc3c1-2.c1ccc(-c2ccc(N(c3ccc4c(c3)C3(c5ccccc5Sc5ccccc53)c3ccc5ccccc5c3-4)c3ccc4oc5ccccc5c4c3)cc2)cc1.c1ccc(-c2ccc(Nc3ccc4oc5ccccc5c4c3)cc2)cc1. The lowest BCUT2D eigenvalue weighted by atomic mass is 9.67. The number of para-hydroxylation sites is 2. The summed E-state index contributed by atoms with van der Waals surface area (Å²) in [6.45, 7) is 0. The molecule has 532 valence electrons. The number of benzene rings is 18. The third-order valence-electron chi connectivity index (χ3n) is 23.4. The number of hydrogen-bond acceptors (Lipinski definition) is 6. The molecule has 4 aliphatic rings. The van der Waals surface area contributed by atoms with E-state index in [2.05, 4.69) is 390 Å². The summed E-state index contributed by atoms with van der Waals surface area (Å²) in [5.41, 5.74) is 29.2. The zero-order chi connectivity index (χ0) is 74.7. The molecule has 2 aliphatic carbocycles. The minimum Gasteiger partial charge on any atom is -0.456 e. The van der Waals surface area contributed by atoms with Crippen molar-refractivity contribution in [2.45, 2.75) is 30.4 Å². The molecule has 0 bridgehead atoms. The van der Waals surface area contributed by atoms with E-state index in [0.29, 0.717) is 0 Å². The average Bonchev–Trinajstić information content (AvgIpc) is 1.54. The van der Waals surface area contributed by atoms with E-state index in [-0.39, 0.29) is 5.41 Å². The van der Waals surface area contributed by atoms with Crippen LogP contribution in [0.4, 0.5) is 28.4 Å². The van der Waals surface area contributed by atoms with E-state index in [1.165, 1.54) is 130 Å². The van der Waals surface area contributed by atoms with Gasteiger partial charge in [0.15, 0.2) is 0 Å². The van der Waals surface area contributed by atoms with Crippen molar-refractivity contribution < 1.29 is 8.83 Å². The number of halogens is 1. The third-order valence-corrected chi connectivity index (χ3v) is 26.2. The molecule has 24 rings (SSSR count). The number of anilines is 5. The molecular weight excluding hydrogens is 1480 g/mol. The summed E-state index contributed by atoms with van der Waals surface area (Å²) in [5, 5.41) is 13.1. The summed E-state index contributed by atoms with van der Waals surface area (Å²) in [7, 11) is 0. The number of nitrogens with zero attached hydrogens (tertiary/aromatic N) is 1. The fourth-order valence-electron chi connectivity index (χ4n) is 18.5. The first-order valence-electron chi connectivity index (χ1n) is 38.3. The largest absolute Gasteiger partial charge is 0.456 e. The highest BCUT2D eigenvalue weighted by Gasteiger charge is 2.53. The summed E-state index contributed by atoms with van der Waals surface area (Å²) in [6, 6.07) is 145. The molecule has 0 saturated carbocycles. The summed E-state index contributed by atoms with van der Waals surface area (Å²) < 4.78 is 13.3. The van der Waals surface area contributed by atoms with Crippen LogP contribution in [0.25, 0.3) is 110 Å². The van der Waals surface area contributed by atoms with Crippen LogP contribution in [0.5, 0.6) is 0 Å². The van der Waals surface area contributed by atoms with Crippen molar-refractivity contribution >= 4 is 133 Å². The van der Waals surface area contributed by atoms with E-state index in [4.69, 9.17) is 8.83 Å². The Morgan fingerprint density at radius 3 is 1.14 bits per heavy atom. The van der Waals surface area contributed by atoms with Crippen molar-refractivity contribution in [1.29, 1.82) is 0 Å². The van der Waals surface area contributed by atoms with Gasteiger partial charge in [-0.1, -0.05) is 319 Å². The molecule has 2 aliphatic heterocycles. The Hall–Kier alpha value is -13.1. The maximum Gasteiger partial charge on any atom is 0.135 e. The van der Waals surface area contributed by atoms with E-state index < -0.39 is 5.41 Å². The third kappa shape index (κ3) is 10.8. The molecule has 0 atom stereocenters. The highest BCUT2D eigenvalue weighted by atomic mass is 79.9. The lowest BCUT2D eigenvalue weighted by Gasteiger charge is -2.40. The summed E-state index contributed by atoms with van der Waals surface area (Å²) >= 11 is 7.56. The topological polar surface area (TPSA) is 41.6 Å². The van der Waals surface area contributed by atoms with Gasteiger partial charge in [-0.3, -0.25) is 0 Å². The van der Waals surface area contributed by atoms with E-state index in [1.54, 1.807) is 0 Å². The van der Waals surface area contributed by atoms with Crippen molar-refractivity contribution in [3.8, 4) is 44.5 Å². The second-order valence-electron chi connectivity index (χ2n) is 29.4. The van der Waals surface area contributed by atoms with Gasteiger partial charge in [-0.15, -0.1) is 0 Å². The first-order chi connectivity index (χ1) is 55.9. The molecule has 1 N–H and O–H groups in total. The van der Waals surface area contributed by atoms with Crippen molar-refractivity contribution in [3.63, 3.8) is 0 Å². The fourth-order valence-corrected chi connectivity index (χ4v) is 21.3. The first kappa shape index (κ1) is 66.8. The van der Waals surface area contributed by atoms with Crippen LogP contribution >= 0.6 is 39.5 Å². The van der Waals surface area contributed by atoms with Crippen molar-refractivity contribution in [3.05, 3.63) is 449 Å². The highest BCUT2D eigenvalue weighted by Crippen LogP contribution is 2.66. The van der Waals surface area contributed by atoms with Gasteiger partial charge in [0, 0.05) is 74.0 Å². The molecule has 0 amide bonds. The molecule has 2 aromatic heterocycles. The van der Waals surface area contributed by atoms with Crippen LogP contribution in [0.2, 0.25) is 0 Å². The van der Waals surface area contributed by atoms with Crippen LogP contribution in [0, 0.1) is 0 Å². The monoisotopic (exact) mass is 1540 g/mol. The van der Waals surface area contributed by atoms with Crippen molar-refractivity contribution in [2.75, 3.05) is 10.2 Å². The van der Waals surface area contributed by atoms with Gasteiger partial charge in [-0.2, -0.15) is 0 Å². The van der Waals surface area contributed by atoms with Crippen molar-refractivity contribution in [1.82, 2.24) is 0 Å². The highest BCUT2D eigenvalue weighted by molar-refractivity contribution is 9.10. The Kier molecular flexibility index (Phi) is 16.0. The Labute approximate surface area is 671 Å². The smallest absolute Gasteiger partial charge is 0.135 e. The molecule has 2 spiro atoms. The van der Waals surface area contributed by atoms with Crippen LogP contribution in [0.3, 0.4) is 0 Å². The molecule has 7 heteroatoms. The number of hydrogen-bond donors (Lipinski definition) is 1. The maximum atomic E-state index is 6.32. The molecule has 0 radical (unpaired) electrons. The Bertz CT molecular complexity index is 7100. The predicted molar refractivity (Wildman–Crippen MR) is 475 cm³/mol. The molecule has 113 heavy (non-hydrogen) atoms. The molecule has 4 heterocycles. The minimum atomic E-state index is -0.503. The number of nitrogens with one attached hydrogen (secondary N) is 1. The Morgan fingerprint density at radius 2 is 0.619 bits per heavy atom. The lowest BCUT2D eigenvalue weighted by molar-refractivity contribution is 0.668. The predicted octanol–water partition coefficient (Wildman–Crippen LogP) is 30.1. The zero-order valence-electron chi connectivity index (χ0n) is 61.1. The summed E-state index contributed by atoms with van der Waals surface area (Å²) in [6.07, 6.45) is 0.